The molecule has 0 saturated heterocycles. The monoisotopic (exact) mass is 278 g/mol. The second-order valence-corrected chi connectivity index (χ2v) is 4.74. The first-order chi connectivity index (χ1) is 9.45. The molecule has 0 fully saturated rings. The van der Waals surface area contributed by atoms with Crippen molar-refractivity contribution in [2.24, 2.45) is 0 Å². The number of hydrogen-bond donors (Lipinski definition) is 1. The molecule has 20 heavy (non-hydrogen) atoms. The first-order valence-corrected chi connectivity index (χ1v) is 6.56. The van der Waals surface area contributed by atoms with Gasteiger partial charge in [0.1, 0.15) is 6.54 Å². The fraction of sp³-hybridized carbons (Fsp3) is 0.467. The van der Waals surface area contributed by atoms with Crippen molar-refractivity contribution in [2.75, 3.05) is 31.7 Å². The molecule has 0 bridgehead atoms. The summed E-state index contributed by atoms with van der Waals surface area (Å²) in [7, 11) is 1.57. The Bertz CT molecular complexity index is 486. The molecule has 0 radical (unpaired) electrons. The lowest BCUT2D eigenvalue weighted by atomic mass is 10.1. The molecule has 0 aliphatic rings. The van der Waals surface area contributed by atoms with Crippen LogP contribution in [0.5, 0.6) is 0 Å². The molecular weight excluding hydrogens is 256 g/mol. The molecule has 1 aromatic rings. The molecule has 5 heteroatoms. The van der Waals surface area contributed by atoms with Crippen molar-refractivity contribution in [1.29, 1.82) is 0 Å². The highest BCUT2D eigenvalue weighted by Gasteiger charge is 2.17. The molecule has 0 atom stereocenters. The van der Waals surface area contributed by atoms with E-state index < -0.39 is 0 Å². The van der Waals surface area contributed by atoms with E-state index >= 15 is 0 Å². The predicted octanol–water partition coefficient (Wildman–Crippen LogP) is 1.42. The predicted molar refractivity (Wildman–Crippen MR) is 78.8 cm³/mol. The van der Waals surface area contributed by atoms with Crippen LogP contribution in [0.4, 0.5) is 5.69 Å². The van der Waals surface area contributed by atoms with Gasteiger partial charge in [0.25, 0.3) is 0 Å². The van der Waals surface area contributed by atoms with Crippen LogP contribution in [0.25, 0.3) is 0 Å². The lowest BCUT2D eigenvalue weighted by Gasteiger charge is -2.23. The van der Waals surface area contributed by atoms with Gasteiger partial charge in [-0.3, -0.25) is 9.59 Å². The highest BCUT2D eigenvalue weighted by atomic mass is 16.5. The van der Waals surface area contributed by atoms with Crippen molar-refractivity contribution in [3.05, 3.63) is 29.3 Å². The van der Waals surface area contributed by atoms with Crippen molar-refractivity contribution in [1.82, 2.24) is 5.32 Å². The van der Waals surface area contributed by atoms with Gasteiger partial charge in [-0.15, -0.1) is 0 Å². The summed E-state index contributed by atoms with van der Waals surface area (Å²) in [6.45, 7) is 6.29. The molecule has 0 aromatic heterocycles. The molecule has 5 nitrogen and oxygen atoms in total. The van der Waals surface area contributed by atoms with Crippen LogP contribution in [-0.2, 0) is 14.3 Å². The van der Waals surface area contributed by atoms with Gasteiger partial charge in [0.05, 0.1) is 6.61 Å². The Kier molecular flexibility index (Phi) is 6.18. The average molecular weight is 278 g/mol. The van der Waals surface area contributed by atoms with Gasteiger partial charge >= 0.3 is 0 Å². The summed E-state index contributed by atoms with van der Waals surface area (Å²) in [5.41, 5.74) is 2.87. The minimum absolute atomic E-state index is 0.0168. The van der Waals surface area contributed by atoms with Crippen LogP contribution in [0.3, 0.4) is 0 Å². The van der Waals surface area contributed by atoms with Gasteiger partial charge in [0, 0.05) is 26.3 Å². The zero-order valence-corrected chi connectivity index (χ0v) is 12.5. The van der Waals surface area contributed by atoms with Gasteiger partial charge < -0.3 is 15.0 Å². The summed E-state index contributed by atoms with van der Waals surface area (Å²) >= 11 is 0. The first-order valence-electron chi connectivity index (χ1n) is 6.56. The van der Waals surface area contributed by atoms with Gasteiger partial charge in [-0.1, -0.05) is 17.7 Å². The second-order valence-electron chi connectivity index (χ2n) is 4.74. The van der Waals surface area contributed by atoms with E-state index in [9.17, 15) is 9.59 Å². The molecule has 1 rings (SSSR count). The second kappa shape index (κ2) is 7.65. The number of carbonyl (C=O) groups is 2. The Hall–Kier alpha value is -1.88. The molecule has 0 aliphatic carbocycles. The minimum Gasteiger partial charge on any atom is -0.383 e. The van der Waals surface area contributed by atoms with Crippen molar-refractivity contribution in [3.63, 3.8) is 0 Å². The summed E-state index contributed by atoms with van der Waals surface area (Å²) in [4.78, 5) is 25.1. The molecule has 1 aromatic carbocycles. The van der Waals surface area contributed by atoms with Crippen molar-refractivity contribution >= 4 is 17.5 Å². The number of amides is 2. The SMILES string of the molecule is COCCNC(=O)CN(C(C)=O)c1ccc(C)cc1C. The number of nitrogens with one attached hydrogen (secondary N) is 1. The van der Waals surface area contributed by atoms with Gasteiger partial charge in [-0.25, -0.2) is 0 Å². The smallest absolute Gasteiger partial charge is 0.240 e. The van der Waals surface area contributed by atoms with Gasteiger partial charge in [-0.2, -0.15) is 0 Å². The zero-order valence-electron chi connectivity index (χ0n) is 12.5. The summed E-state index contributed by atoms with van der Waals surface area (Å²) in [6.07, 6.45) is 0. The summed E-state index contributed by atoms with van der Waals surface area (Å²) < 4.78 is 4.87. The number of carbonyl (C=O) groups excluding carboxylic acids is 2. The Morgan fingerprint density at radius 3 is 2.55 bits per heavy atom. The highest BCUT2D eigenvalue weighted by molar-refractivity contribution is 5.98. The maximum atomic E-state index is 11.8. The van der Waals surface area contributed by atoms with E-state index in [4.69, 9.17) is 4.74 Å². The number of nitrogens with zero attached hydrogens (tertiary/aromatic N) is 1. The topological polar surface area (TPSA) is 58.6 Å². The van der Waals surface area contributed by atoms with E-state index in [-0.39, 0.29) is 18.4 Å². The number of methoxy groups -OCH3 is 1. The summed E-state index contributed by atoms with van der Waals surface area (Å²) in [5.74, 6) is -0.351. The average Bonchev–Trinajstić information content (AvgIpc) is 2.37. The number of anilines is 1. The lowest BCUT2D eigenvalue weighted by molar-refractivity contribution is -0.123. The van der Waals surface area contributed by atoms with Crippen LogP contribution in [0, 0.1) is 13.8 Å². The molecule has 0 aliphatic heterocycles. The lowest BCUT2D eigenvalue weighted by Crippen LogP contribution is -2.41. The van der Waals surface area contributed by atoms with Crippen LogP contribution in [0.2, 0.25) is 0 Å². The van der Waals surface area contributed by atoms with Crippen LogP contribution >= 0.6 is 0 Å². The molecular formula is C15H22N2O3. The molecule has 110 valence electrons. The van der Waals surface area contributed by atoms with Crippen molar-refractivity contribution in [3.8, 4) is 0 Å². The number of benzene rings is 1. The first kappa shape index (κ1) is 16.2. The van der Waals surface area contributed by atoms with Crippen molar-refractivity contribution < 1.29 is 14.3 Å². The third kappa shape index (κ3) is 4.66. The standard InChI is InChI=1S/C15H22N2O3/c1-11-5-6-14(12(2)9-11)17(13(3)18)10-15(19)16-7-8-20-4/h5-6,9H,7-8,10H2,1-4H3,(H,16,19). The van der Waals surface area contributed by atoms with Gasteiger partial charge in [0.2, 0.25) is 11.8 Å². The molecule has 0 spiro atoms. The molecule has 1 N–H and O–H groups in total. The fourth-order valence-corrected chi connectivity index (χ4v) is 1.97. The third-order valence-electron chi connectivity index (χ3n) is 2.95. The Morgan fingerprint density at radius 1 is 1.30 bits per heavy atom. The van der Waals surface area contributed by atoms with E-state index in [1.807, 2.05) is 32.0 Å². The van der Waals surface area contributed by atoms with E-state index in [1.165, 1.54) is 11.8 Å². The Morgan fingerprint density at radius 2 is 2.00 bits per heavy atom. The summed E-state index contributed by atoms with van der Waals surface area (Å²) in [5, 5.41) is 2.71. The third-order valence-corrected chi connectivity index (χ3v) is 2.95. The van der Waals surface area contributed by atoms with E-state index in [0.29, 0.717) is 13.2 Å². The fourth-order valence-electron chi connectivity index (χ4n) is 1.97. The van der Waals surface area contributed by atoms with Crippen molar-refractivity contribution in [2.45, 2.75) is 20.8 Å². The molecule has 0 heterocycles. The maximum absolute atomic E-state index is 11.8. The van der Waals surface area contributed by atoms with Crippen LogP contribution in [0.15, 0.2) is 18.2 Å². The van der Waals surface area contributed by atoms with Crippen LogP contribution in [0.1, 0.15) is 18.1 Å². The highest BCUT2D eigenvalue weighted by Crippen LogP contribution is 2.21. The number of hydrogen-bond acceptors (Lipinski definition) is 3. The Labute approximate surface area is 119 Å². The normalized spacial score (nSPS) is 10.2. The van der Waals surface area contributed by atoms with E-state index in [2.05, 4.69) is 5.32 Å². The van der Waals surface area contributed by atoms with Gasteiger partial charge in [0.15, 0.2) is 0 Å². The minimum atomic E-state index is -0.197. The number of ether oxygens (including phenoxy) is 1. The Balaban J connectivity index is 2.79. The quantitative estimate of drug-likeness (QED) is 0.801. The zero-order chi connectivity index (χ0) is 15.1. The van der Waals surface area contributed by atoms with Gasteiger partial charge in [-0.05, 0) is 25.5 Å². The maximum Gasteiger partial charge on any atom is 0.240 e. The largest absolute Gasteiger partial charge is 0.383 e. The number of aryl methyl sites for hydroxylation is 2. The summed E-state index contributed by atoms with van der Waals surface area (Å²) in [6, 6.07) is 5.80. The van der Waals surface area contributed by atoms with E-state index in [0.717, 1.165) is 16.8 Å². The van der Waals surface area contributed by atoms with Crippen LogP contribution in [-0.4, -0.2) is 38.6 Å². The van der Waals surface area contributed by atoms with Crippen LogP contribution < -0.4 is 10.2 Å². The molecule has 2 amide bonds. The number of rotatable bonds is 6. The molecule has 0 saturated carbocycles. The van der Waals surface area contributed by atoms with E-state index in [1.54, 1.807) is 7.11 Å². The molecule has 0 unspecified atom stereocenters.